The monoisotopic (exact) mass is 467 g/mol. The van der Waals surface area contributed by atoms with Crippen molar-refractivity contribution < 1.29 is 22.3 Å². The van der Waals surface area contributed by atoms with Gasteiger partial charge < -0.3 is 0 Å². The van der Waals surface area contributed by atoms with Crippen molar-refractivity contribution >= 4 is 28.1 Å². The molecule has 4 rings (SSSR count). The second kappa shape index (κ2) is 10.0. The molecule has 2 N–H and O–H groups in total. The fourth-order valence-corrected chi connectivity index (χ4v) is 3.77. The van der Waals surface area contributed by atoms with Crippen LogP contribution in [0.5, 0.6) is 0 Å². The summed E-state index contributed by atoms with van der Waals surface area (Å²) in [6.07, 6.45) is 2.31. The van der Waals surface area contributed by atoms with E-state index in [9.17, 15) is 13.4 Å². The molecule has 3 aromatic carbocycles. The number of nitrogens with zero attached hydrogens (tertiary/aromatic N) is 2. The highest BCUT2D eigenvalue weighted by molar-refractivity contribution is 7.77. The molecule has 1 unspecified atom stereocenters. The largest absolute Gasteiger partial charge is 0.294 e. The SMILES string of the molecule is O=C(c1ccc2ncc(-c3ccc(F)cc3)nc2c1)c1cccc(CCCNS(=O)O)c1F. The Balaban J connectivity index is 1.60. The van der Waals surface area contributed by atoms with Gasteiger partial charge in [-0.25, -0.2) is 22.7 Å². The van der Waals surface area contributed by atoms with Crippen LogP contribution in [0.25, 0.3) is 22.3 Å². The van der Waals surface area contributed by atoms with Crippen LogP contribution in [0.4, 0.5) is 8.78 Å². The Morgan fingerprint density at radius 2 is 1.82 bits per heavy atom. The summed E-state index contributed by atoms with van der Waals surface area (Å²) in [4.78, 5) is 21.9. The molecule has 1 heterocycles. The number of benzene rings is 3. The van der Waals surface area contributed by atoms with Crippen LogP contribution in [0.1, 0.15) is 27.9 Å². The van der Waals surface area contributed by atoms with Gasteiger partial charge in [0, 0.05) is 17.7 Å². The third-order valence-corrected chi connectivity index (χ3v) is 5.57. The van der Waals surface area contributed by atoms with Crippen LogP contribution in [0.2, 0.25) is 0 Å². The first-order valence-electron chi connectivity index (χ1n) is 10.1. The fourth-order valence-electron chi connectivity index (χ4n) is 3.45. The molecule has 168 valence electrons. The predicted octanol–water partition coefficient (Wildman–Crippen LogP) is 4.46. The molecule has 0 fully saturated rings. The summed E-state index contributed by atoms with van der Waals surface area (Å²) in [5, 5.41) is 0. The van der Waals surface area contributed by atoms with Crippen molar-refractivity contribution in [1.82, 2.24) is 14.7 Å². The number of ketones is 1. The first kappa shape index (κ1) is 22.8. The maximum atomic E-state index is 15.0. The van der Waals surface area contributed by atoms with E-state index in [-0.39, 0.29) is 23.5 Å². The average Bonchev–Trinajstić information content (AvgIpc) is 2.82. The minimum absolute atomic E-state index is 0.0619. The lowest BCUT2D eigenvalue weighted by molar-refractivity contribution is 0.103. The van der Waals surface area contributed by atoms with Gasteiger partial charge in [0.25, 0.3) is 0 Å². The van der Waals surface area contributed by atoms with E-state index < -0.39 is 22.9 Å². The first-order valence-corrected chi connectivity index (χ1v) is 11.2. The number of fused-ring (bicyclic) bond motifs is 1. The molecule has 0 aliphatic carbocycles. The lowest BCUT2D eigenvalue weighted by Gasteiger charge is -2.09. The van der Waals surface area contributed by atoms with Gasteiger partial charge in [-0.2, -0.15) is 0 Å². The van der Waals surface area contributed by atoms with Crippen molar-refractivity contribution in [2.24, 2.45) is 0 Å². The number of hydrogen-bond acceptors (Lipinski definition) is 4. The Labute approximate surface area is 191 Å². The van der Waals surface area contributed by atoms with Gasteiger partial charge in [0.05, 0.1) is 28.5 Å². The predicted molar refractivity (Wildman–Crippen MR) is 122 cm³/mol. The van der Waals surface area contributed by atoms with Crippen LogP contribution >= 0.6 is 0 Å². The van der Waals surface area contributed by atoms with Gasteiger partial charge >= 0.3 is 0 Å². The van der Waals surface area contributed by atoms with Crippen LogP contribution in [0, 0.1) is 11.6 Å². The zero-order valence-corrected chi connectivity index (χ0v) is 18.1. The second-order valence-electron chi connectivity index (χ2n) is 7.32. The number of carbonyl (C=O) groups excluding carboxylic acids is 1. The summed E-state index contributed by atoms with van der Waals surface area (Å²) < 4.78 is 49.9. The highest BCUT2D eigenvalue weighted by Crippen LogP contribution is 2.23. The third kappa shape index (κ3) is 5.33. The molecule has 1 atom stereocenters. The van der Waals surface area contributed by atoms with E-state index in [0.717, 1.165) is 0 Å². The minimum atomic E-state index is -2.12. The highest BCUT2D eigenvalue weighted by Gasteiger charge is 2.17. The van der Waals surface area contributed by atoms with Crippen LogP contribution in [0.15, 0.2) is 66.9 Å². The molecule has 0 saturated carbocycles. The van der Waals surface area contributed by atoms with Crippen LogP contribution in [-0.4, -0.2) is 31.1 Å². The molecule has 0 saturated heterocycles. The Hall–Kier alpha value is -3.40. The Morgan fingerprint density at radius 1 is 1.03 bits per heavy atom. The molecule has 0 aliphatic heterocycles. The van der Waals surface area contributed by atoms with Crippen molar-refractivity contribution in [2.45, 2.75) is 12.8 Å². The van der Waals surface area contributed by atoms with E-state index in [0.29, 0.717) is 40.7 Å². The number of hydrogen-bond donors (Lipinski definition) is 2. The van der Waals surface area contributed by atoms with E-state index in [1.54, 1.807) is 48.7 Å². The summed E-state index contributed by atoms with van der Waals surface area (Å²) >= 11 is -2.12. The van der Waals surface area contributed by atoms with Gasteiger partial charge in [-0.1, -0.05) is 12.1 Å². The van der Waals surface area contributed by atoms with E-state index in [2.05, 4.69) is 14.7 Å². The number of aromatic nitrogens is 2. The molecule has 0 aliphatic rings. The molecule has 9 heteroatoms. The maximum absolute atomic E-state index is 15.0. The lowest BCUT2D eigenvalue weighted by atomic mass is 9.98. The molecule has 0 spiro atoms. The van der Waals surface area contributed by atoms with Crippen molar-refractivity contribution in [3.05, 3.63) is 95.2 Å². The maximum Gasteiger partial charge on any atom is 0.231 e. The van der Waals surface area contributed by atoms with Gasteiger partial charge in [-0.05, 0) is 66.9 Å². The van der Waals surface area contributed by atoms with Crippen molar-refractivity contribution in [1.29, 1.82) is 0 Å². The molecule has 6 nitrogen and oxygen atoms in total. The molecule has 4 aromatic rings. The van der Waals surface area contributed by atoms with Crippen molar-refractivity contribution in [3.63, 3.8) is 0 Å². The molecule has 0 radical (unpaired) electrons. The smallest absolute Gasteiger partial charge is 0.231 e. The molecule has 0 amide bonds. The Bertz CT molecular complexity index is 1350. The summed E-state index contributed by atoms with van der Waals surface area (Å²) in [6, 6.07) is 15.2. The number of rotatable bonds is 8. The quantitative estimate of drug-likeness (QED) is 0.227. The van der Waals surface area contributed by atoms with E-state index in [4.69, 9.17) is 4.55 Å². The standard InChI is InChI=1S/C24H19F2N3O3S/c25-18-9-6-15(7-10-18)22-14-27-20-11-8-17(13-21(20)29-22)24(30)19-5-1-3-16(23(19)26)4-2-12-28-33(31)32/h1,3,5-11,13-14,28H,2,4,12H2,(H,31,32). The summed E-state index contributed by atoms with van der Waals surface area (Å²) in [5.74, 6) is -1.46. The van der Waals surface area contributed by atoms with Gasteiger partial charge in [0.15, 0.2) is 5.78 Å². The van der Waals surface area contributed by atoms with Crippen LogP contribution in [-0.2, 0) is 17.7 Å². The van der Waals surface area contributed by atoms with Gasteiger partial charge in [-0.15, -0.1) is 0 Å². The third-order valence-electron chi connectivity index (χ3n) is 5.12. The molecule has 0 bridgehead atoms. The summed E-state index contributed by atoms with van der Waals surface area (Å²) in [7, 11) is 0. The van der Waals surface area contributed by atoms with E-state index in [1.807, 2.05) is 0 Å². The van der Waals surface area contributed by atoms with Gasteiger partial charge in [-0.3, -0.25) is 14.3 Å². The van der Waals surface area contributed by atoms with Crippen LogP contribution in [0.3, 0.4) is 0 Å². The Kier molecular flexibility index (Phi) is 6.93. The number of aryl methyl sites for hydroxylation is 1. The van der Waals surface area contributed by atoms with Gasteiger partial charge in [0.2, 0.25) is 11.3 Å². The molecular formula is C24H19F2N3O3S. The zero-order chi connectivity index (χ0) is 23.4. The zero-order valence-electron chi connectivity index (χ0n) is 17.3. The van der Waals surface area contributed by atoms with Crippen molar-refractivity contribution in [3.8, 4) is 11.3 Å². The number of nitrogens with one attached hydrogen (secondary N) is 1. The van der Waals surface area contributed by atoms with E-state index in [1.165, 1.54) is 18.2 Å². The van der Waals surface area contributed by atoms with E-state index >= 15 is 4.39 Å². The summed E-state index contributed by atoms with van der Waals surface area (Å²) in [6.45, 7) is 0.237. The normalized spacial score (nSPS) is 12.1. The highest BCUT2D eigenvalue weighted by atomic mass is 32.2. The average molecular weight is 467 g/mol. The Morgan fingerprint density at radius 3 is 2.58 bits per heavy atom. The topological polar surface area (TPSA) is 92.2 Å². The molecule has 33 heavy (non-hydrogen) atoms. The first-order chi connectivity index (χ1) is 15.9. The van der Waals surface area contributed by atoms with Crippen LogP contribution < -0.4 is 4.72 Å². The fraction of sp³-hybridized carbons (Fsp3) is 0.125. The van der Waals surface area contributed by atoms with Crippen molar-refractivity contribution in [2.75, 3.05) is 6.54 Å². The number of halogens is 2. The number of carbonyl (C=O) groups is 1. The molecule has 1 aromatic heterocycles. The minimum Gasteiger partial charge on any atom is -0.294 e. The summed E-state index contributed by atoms with van der Waals surface area (Å²) in [5.41, 5.74) is 2.79. The van der Waals surface area contributed by atoms with Gasteiger partial charge in [0.1, 0.15) is 11.6 Å². The lowest BCUT2D eigenvalue weighted by Crippen LogP contribution is -2.18. The second-order valence-corrected chi connectivity index (χ2v) is 8.11. The molecular weight excluding hydrogens is 448 g/mol.